The average Bonchev–Trinajstić information content (AvgIpc) is 2.72. The van der Waals surface area contributed by atoms with Crippen LogP contribution in [0.5, 0.6) is 0 Å². The van der Waals surface area contributed by atoms with Crippen LogP contribution >= 0.6 is 11.6 Å². The lowest BCUT2D eigenvalue weighted by molar-refractivity contribution is -0.128. The molecule has 2 N–H and O–H groups in total. The standard InChI is InChI=1S/C25H29ClN4O2/c1-15(2)12-16-6-9-18(10-7-16)21-28-22(30-24(32)29-21)19-13-17(8-11-20(19)26)14-27-23(31)25(3,4)5/h6-11,13,15H,12,14H2,1-5H3,(H,27,31)(H,28,29,30,32). The summed E-state index contributed by atoms with van der Waals surface area (Å²) in [7, 11) is 0. The molecule has 3 rings (SSSR count). The van der Waals surface area contributed by atoms with Crippen LogP contribution in [0, 0.1) is 11.3 Å². The van der Waals surface area contributed by atoms with E-state index >= 15 is 0 Å². The maximum Gasteiger partial charge on any atom is 0.348 e. The van der Waals surface area contributed by atoms with E-state index in [1.807, 2.05) is 57.2 Å². The van der Waals surface area contributed by atoms with Crippen LogP contribution in [-0.2, 0) is 17.8 Å². The highest BCUT2D eigenvalue weighted by Crippen LogP contribution is 2.27. The number of hydrogen-bond donors (Lipinski definition) is 2. The first-order chi connectivity index (χ1) is 15.0. The molecule has 0 aliphatic rings. The van der Waals surface area contributed by atoms with Crippen molar-refractivity contribution < 1.29 is 4.79 Å². The number of carbonyl (C=O) groups is 1. The number of hydrogen-bond acceptors (Lipinski definition) is 4. The summed E-state index contributed by atoms with van der Waals surface area (Å²) in [5, 5.41) is 3.37. The molecule has 1 amide bonds. The van der Waals surface area contributed by atoms with E-state index in [1.54, 1.807) is 6.07 Å². The average molecular weight is 453 g/mol. The molecule has 0 unspecified atom stereocenters. The second-order valence-electron chi connectivity index (χ2n) is 9.37. The summed E-state index contributed by atoms with van der Waals surface area (Å²) in [6, 6.07) is 13.3. The third-order valence-corrected chi connectivity index (χ3v) is 5.26. The number of aromatic amines is 1. The van der Waals surface area contributed by atoms with Crippen LogP contribution in [0.4, 0.5) is 0 Å². The Balaban J connectivity index is 1.91. The van der Waals surface area contributed by atoms with Crippen LogP contribution in [0.3, 0.4) is 0 Å². The number of H-pyrrole nitrogens is 1. The van der Waals surface area contributed by atoms with E-state index in [0.29, 0.717) is 34.7 Å². The van der Waals surface area contributed by atoms with Crippen LogP contribution in [-0.4, -0.2) is 20.9 Å². The van der Waals surface area contributed by atoms with Gasteiger partial charge in [-0.05, 0) is 35.6 Å². The number of rotatable bonds is 6. The molecule has 168 valence electrons. The number of nitrogens with one attached hydrogen (secondary N) is 2. The van der Waals surface area contributed by atoms with Gasteiger partial charge in [0.25, 0.3) is 0 Å². The highest BCUT2D eigenvalue weighted by molar-refractivity contribution is 6.33. The molecule has 7 heteroatoms. The predicted octanol–water partition coefficient (Wildman–Crippen LogP) is 5.01. The lowest BCUT2D eigenvalue weighted by atomic mass is 9.95. The first-order valence-corrected chi connectivity index (χ1v) is 11.1. The summed E-state index contributed by atoms with van der Waals surface area (Å²) in [4.78, 5) is 35.7. The fourth-order valence-corrected chi connectivity index (χ4v) is 3.42. The van der Waals surface area contributed by atoms with Crippen LogP contribution in [0.15, 0.2) is 47.3 Å². The monoisotopic (exact) mass is 452 g/mol. The normalized spacial score (nSPS) is 11.6. The number of carbonyl (C=O) groups excluding carboxylic acids is 1. The molecule has 0 saturated heterocycles. The van der Waals surface area contributed by atoms with Crippen LogP contribution in [0.1, 0.15) is 45.7 Å². The zero-order chi connectivity index (χ0) is 23.5. The molecule has 0 aliphatic heterocycles. The Morgan fingerprint density at radius 1 is 1.06 bits per heavy atom. The molecule has 32 heavy (non-hydrogen) atoms. The van der Waals surface area contributed by atoms with Gasteiger partial charge < -0.3 is 5.32 Å². The molecule has 2 aromatic carbocycles. The second-order valence-corrected chi connectivity index (χ2v) is 9.77. The maximum atomic E-state index is 12.3. The molecule has 0 atom stereocenters. The Bertz CT molecular complexity index is 1160. The number of aromatic nitrogens is 3. The molecule has 0 saturated carbocycles. The van der Waals surface area contributed by atoms with Gasteiger partial charge in [-0.1, -0.05) is 76.6 Å². The summed E-state index contributed by atoms with van der Waals surface area (Å²) in [5.41, 5.74) is 2.43. The van der Waals surface area contributed by atoms with Crippen LogP contribution in [0.2, 0.25) is 5.02 Å². The van der Waals surface area contributed by atoms with Crippen molar-refractivity contribution in [2.24, 2.45) is 11.3 Å². The Morgan fingerprint density at radius 3 is 2.34 bits per heavy atom. The maximum absolute atomic E-state index is 12.3. The van der Waals surface area contributed by atoms with Gasteiger partial charge in [0.05, 0.1) is 5.02 Å². The fraction of sp³-hybridized carbons (Fsp3) is 0.360. The lowest BCUT2D eigenvalue weighted by Gasteiger charge is -2.18. The fourth-order valence-electron chi connectivity index (χ4n) is 3.21. The largest absolute Gasteiger partial charge is 0.352 e. The van der Waals surface area contributed by atoms with Crippen molar-refractivity contribution in [1.29, 1.82) is 0 Å². The van der Waals surface area contributed by atoms with Crippen molar-refractivity contribution in [3.05, 3.63) is 69.1 Å². The Kier molecular flexibility index (Phi) is 7.14. The Labute approximate surface area is 193 Å². The van der Waals surface area contributed by atoms with E-state index in [4.69, 9.17) is 11.6 Å². The SMILES string of the molecule is CC(C)Cc1ccc(-c2nc(-c3cc(CNC(=O)C(C)(C)C)ccc3Cl)[nH]c(=O)n2)cc1. The van der Waals surface area contributed by atoms with Gasteiger partial charge in [0.15, 0.2) is 5.82 Å². The zero-order valence-electron chi connectivity index (χ0n) is 19.1. The van der Waals surface area contributed by atoms with Gasteiger partial charge in [0.2, 0.25) is 5.91 Å². The molecular weight excluding hydrogens is 424 g/mol. The van der Waals surface area contributed by atoms with Crippen molar-refractivity contribution in [2.75, 3.05) is 0 Å². The highest BCUT2D eigenvalue weighted by Gasteiger charge is 2.20. The van der Waals surface area contributed by atoms with E-state index in [1.165, 1.54) is 5.56 Å². The molecular formula is C25H29ClN4O2. The number of nitrogens with zero attached hydrogens (tertiary/aromatic N) is 2. The van der Waals surface area contributed by atoms with Gasteiger partial charge >= 0.3 is 5.69 Å². The van der Waals surface area contributed by atoms with Crippen LogP contribution < -0.4 is 11.0 Å². The van der Waals surface area contributed by atoms with Gasteiger partial charge in [-0.3, -0.25) is 9.78 Å². The second kappa shape index (κ2) is 9.65. The minimum absolute atomic E-state index is 0.0485. The molecule has 0 fully saturated rings. The summed E-state index contributed by atoms with van der Waals surface area (Å²) in [6.45, 7) is 10.3. The van der Waals surface area contributed by atoms with Gasteiger partial charge in [-0.2, -0.15) is 4.98 Å². The Morgan fingerprint density at radius 2 is 1.72 bits per heavy atom. The summed E-state index contributed by atoms with van der Waals surface area (Å²) >= 11 is 6.42. The molecule has 3 aromatic rings. The van der Waals surface area contributed by atoms with Gasteiger partial charge in [-0.25, -0.2) is 9.78 Å². The zero-order valence-corrected chi connectivity index (χ0v) is 19.9. The molecule has 0 spiro atoms. The van der Waals surface area contributed by atoms with E-state index in [-0.39, 0.29) is 5.91 Å². The molecule has 1 aromatic heterocycles. The Hall–Kier alpha value is -2.99. The first-order valence-electron chi connectivity index (χ1n) is 10.7. The third-order valence-electron chi connectivity index (χ3n) is 4.93. The third kappa shape index (κ3) is 6.04. The van der Waals surface area contributed by atoms with Crippen molar-refractivity contribution in [1.82, 2.24) is 20.3 Å². The minimum Gasteiger partial charge on any atom is -0.352 e. The molecule has 1 heterocycles. The van der Waals surface area contributed by atoms with Gasteiger partial charge in [0, 0.05) is 23.1 Å². The van der Waals surface area contributed by atoms with Gasteiger partial charge in [0.1, 0.15) is 5.82 Å². The highest BCUT2D eigenvalue weighted by atomic mass is 35.5. The molecule has 0 bridgehead atoms. The number of amides is 1. The quantitative estimate of drug-likeness (QED) is 0.550. The lowest BCUT2D eigenvalue weighted by Crippen LogP contribution is -2.34. The molecule has 6 nitrogen and oxygen atoms in total. The van der Waals surface area contributed by atoms with E-state index in [0.717, 1.165) is 17.5 Å². The molecule has 0 aliphatic carbocycles. The summed E-state index contributed by atoms with van der Waals surface area (Å²) in [6.07, 6.45) is 0.982. The van der Waals surface area contributed by atoms with E-state index < -0.39 is 11.1 Å². The smallest absolute Gasteiger partial charge is 0.348 e. The minimum atomic E-state index is -0.501. The van der Waals surface area contributed by atoms with E-state index in [2.05, 4.69) is 34.1 Å². The topological polar surface area (TPSA) is 87.7 Å². The predicted molar refractivity (Wildman–Crippen MR) is 128 cm³/mol. The summed E-state index contributed by atoms with van der Waals surface area (Å²) < 4.78 is 0. The van der Waals surface area contributed by atoms with E-state index in [9.17, 15) is 9.59 Å². The first kappa shape index (κ1) is 23.7. The number of halogens is 1. The molecule has 0 radical (unpaired) electrons. The van der Waals surface area contributed by atoms with Crippen molar-refractivity contribution in [2.45, 2.75) is 47.6 Å². The van der Waals surface area contributed by atoms with Crippen molar-refractivity contribution >= 4 is 17.5 Å². The van der Waals surface area contributed by atoms with Crippen LogP contribution in [0.25, 0.3) is 22.8 Å². The van der Waals surface area contributed by atoms with Crippen molar-refractivity contribution in [3.63, 3.8) is 0 Å². The number of benzene rings is 2. The van der Waals surface area contributed by atoms with Crippen molar-refractivity contribution in [3.8, 4) is 22.8 Å². The van der Waals surface area contributed by atoms with Gasteiger partial charge in [-0.15, -0.1) is 0 Å². The summed E-state index contributed by atoms with van der Waals surface area (Å²) in [5.74, 6) is 1.18.